The van der Waals surface area contributed by atoms with Crippen molar-refractivity contribution in [1.29, 1.82) is 0 Å². The zero-order valence-corrected chi connectivity index (χ0v) is 15.2. The van der Waals surface area contributed by atoms with Gasteiger partial charge in [0.05, 0.1) is 12.2 Å². The molecule has 0 atom stereocenters. The predicted octanol–water partition coefficient (Wildman–Crippen LogP) is 1.34. The molecule has 3 N–H and O–H groups in total. The van der Waals surface area contributed by atoms with Crippen LogP contribution in [0, 0.1) is 5.92 Å². The van der Waals surface area contributed by atoms with Gasteiger partial charge < -0.3 is 5.32 Å². The van der Waals surface area contributed by atoms with Crippen molar-refractivity contribution in [3.8, 4) is 10.6 Å². The van der Waals surface area contributed by atoms with Gasteiger partial charge in [-0.25, -0.2) is 10.1 Å². The molecular weight excluding hydrogens is 360 g/mol. The molecule has 1 aromatic carbocycles. The number of carbonyl (C=O) groups excluding carboxylic acids is 1. The second kappa shape index (κ2) is 7.61. The van der Waals surface area contributed by atoms with Gasteiger partial charge in [0.2, 0.25) is 5.91 Å². The van der Waals surface area contributed by atoms with E-state index in [-0.39, 0.29) is 24.9 Å². The molecule has 2 aromatic rings. The van der Waals surface area contributed by atoms with Gasteiger partial charge in [-0.1, -0.05) is 30.3 Å². The summed E-state index contributed by atoms with van der Waals surface area (Å²) < 4.78 is 23.8. The van der Waals surface area contributed by atoms with Crippen molar-refractivity contribution < 1.29 is 13.2 Å². The van der Waals surface area contributed by atoms with E-state index in [9.17, 15) is 13.2 Å². The van der Waals surface area contributed by atoms with Crippen molar-refractivity contribution in [2.24, 2.45) is 11.1 Å². The number of amides is 1. The maximum absolute atomic E-state index is 12.3. The predicted molar refractivity (Wildman–Crippen MR) is 96.8 cm³/mol. The molecular formula is C16H20N4O3S2. The first-order valence-electron chi connectivity index (χ1n) is 7.99. The zero-order valence-electron chi connectivity index (χ0n) is 13.6. The molecule has 1 amide bonds. The van der Waals surface area contributed by atoms with E-state index in [1.807, 2.05) is 35.7 Å². The topological polar surface area (TPSA) is 105 Å². The third kappa shape index (κ3) is 4.63. The molecule has 0 radical (unpaired) electrons. The number of piperidine rings is 1. The van der Waals surface area contributed by atoms with Gasteiger partial charge in [-0.3, -0.25) is 4.79 Å². The van der Waals surface area contributed by atoms with Crippen LogP contribution in [0.15, 0.2) is 35.7 Å². The molecule has 0 saturated carbocycles. The highest BCUT2D eigenvalue weighted by molar-refractivity contribution is 7.86. The zero-order chi connectivity index (χ0) is 17.9. The third-order valence-corrected chi connectivity index (χ3v) is 6.23. The van der Waals surface area contributed by atoms with Crippen LogP contribution in [-0.4, -0.2) is 36.7 Å². The number of aromatic nitrogens is 1. The van der Waals surface area contributed by atoms with Crippen LogP contribution in [0.1, 0.15) is 18.5 Å². The highest BCUT2D eigenvalue weighted by Crippen LogP contribution is 2.23. The molecule has 25 heavy (non-hydrogen) atoms. The van der Waals surface area contributed by atoms with E-state index in [0.717, 1.165) is 16.3 Å². The van der Waals surface area contributed by atoms with Crippen molar-refractivity contribution >= 4 is 27.5 Å². The van der Waals surface area contributed by atoms with Crippen LogP contribution in [0.5, 0.6) is 0 Å². The van der Waals surface area contributed by atoms with E-state index in [4.69, 9.17) is 5.14 Å². The normalized spacial score (nSPS) is 16.7. The standard InChI is InChI=1S/C16H20N4O3S2/c17-25(22,23)20-8-6-12(7-9-20)15(21)18-10-14-11-24-16(19-14)13-4-2-1-3-5-13/h1-5,11-12H,6-10H2,(H,18,21)(H2,17,22,23). The van der Waals surface area contributed by atoms with Crippen LogP contribution in [-0.2, 0) is 21.5 Å². The highest BCUT2D eigenvalue weighted by atomic mass is 32.2. The maximum Gasteiger partial charge on any atom is 0.276 e. The smallest absolute Gasteiger partial charge is 0.276 e. The van der Waals surface area contributed by atoms with Gasteiger partial charge in [0, 0.05) is 30.0 Å². The average molecular weight is 380 g/mol. The average Bonchev–Trinajstić information content (AvgIpc) is 3.09. The summed E-state index contributed by atoms with van der Waals surface area (Å²) in [6.07, 6.45) is 0.961. The van der Waals surface area contributed by atoms with Crippen LogP contribution >= 0.6 is 11.3 Å². The van der Waals surface area contributed by atoms with Crippen molar-refractivity contribution in [2.75, 3.05) is 13.1 Å². The van der Waals surface area contributed by atoms with E-state index in [0.29, 0.717) is 19.4 Å². The SMILES string of the molecule is NS(=O)(=O)N1CCC(C(=O)NCc2csc(-c3ccccc3)n2)CC1. The van der Waals surface area contributed by atoms with E-state index in [1.54, 1.807) is 11.3 Å². The van der Waals surface area contributed by atoms with Gasteiger partial charge >= 0.3 is 0 Å². The number of rotatable bonds is 5. The monoisotopic (exact) mass is 380 g/mol. The minimum Gasteiger partial charge on any atom is -0.350 e. The summed E-state index contributed by atoms with van der Waals surface area (Å²) >= 11 is 1.54. The summed E-state index contributed by atoms with van der Waals surface area (Å²) in [5.74, 6) is -0.256. The van der Waals surface area contributed by atoms with Gasteiger partial charge in [-0.2, -0.15) is 12.7 Å². The van der Waals surface area contributed by atoms with Crippen molar-refractivity contribution in [3.05, 3.63) is 41.4 Å². The van der Waals surface area contributed by atoms with E-state index in [2.05, 4.69) is 10.3 Å². The van der Waals surface area contributed by atoms with Crippen LogP contribution in [0.4, 0.5) is 0 Å². The number of hydrogen-bond acceptors (Lipinski definition) is 5. The Labute approximate surface area is 151 Å². The second-order valence-electron chi connectivity index (χ2n) is 5.95. The molecule has 9 heteroatoms. The summed E-state index contributed by atoms with van der Waals surface area (Å²) in [5, 5.41) is 10.9. The lowest BCUT2D eigenvalue weighted by Gasteiger charge is -2.28. The Bertz CT molecular complexity index is 828. The first-order valence-corrected chi connectivity index (χ1v) is 10.4. The lowest BCUT2D eigenvalue weighted by atomic mass is 9.97. The number of hydrogen-bond donors (Lipinski definition) is 2. The van der Waals surface area contributed by atoms with Crippen molar-refractivity contribution in [2.45, 2.75) is 19.4 Å². The Morgan fingerprint density at radius 2 is 1.96 bits per heavy atom. The second-order valence-corrected chi connectivity index (χ2v) is 8.35. The lowest BCUT2D eigenvalue weighted by Crippen LogP contribution is -2.45. The first-order chi connectivity index (χ1) is 11.9. The summed E-state index contributed by atoms with van der Waals surface area (Å²) in [4.78, 5) is 16.8. The molecule has 0 unspecified atom stereocenters. The summed E-state index contributed by atoms with van der Waals surface area (Å²) in [6.45, 7) is 0.940. The Morgan fingerprint density at radius 1 is 1.28 bits per heavy atom. The third-order valence-electron chi connectivity index (χ3n) is 4.20. The Hall–Kier alpha value is -1.81. The van der Waals surface area contributed by atoms with Crippen molar-refractivity contribution in [1.82, 2.24) is 14.6 Å². The van der Waals surface area contributed by atoms with Crippen LogP contribution in [0.2, 0.25) is 0 Å². The number of thiazole rings is 1. The molecule has 0 aliphatic carbocycles. The molecule has 1 fully saturated rings. The minimum atomic E-state index is -3.66. The minimum absolute atomic E-state index is 0.0664. The number of benzene rings is 1. The van der Waals surface area contributed by atoms with Crippen LogP contribution < -0.4 is 10.5 Å². The van der Waals surface area contributed by atoms with Crippen LogP contribution in [0.3, 0.4) is 0 Å². The largest absolute Gasteiger partial charge is 0.350 e. The molecule has 1 aliphatic heterocycles. The van der Waals surface area contributed by atoms with Crippen LogP contribution in [0.25, 0.3) is 10.6 Å². The van der Waals surface area contributed by atoms with E-state index < -0.39 is 10.2 Å². The highest BCUT2D eigenvalue weighted by Gasteiger charge is 2.29. The number of carbonyl (C=O) groups is 1. The van der Waals surface area contributed by atoms with E-state index >= 15 is 0 Å². The van der Waals surface area contributed by atoms with Gasteiger partial charge in [0.15, 0.2) is 0 Å². The quantitative estimate of drug-likeness (QED) is 0.816. The molecule has 0 bridgehead atoms. The molecule has 1 aromatic heterocycles. The fourth-order valence-corrected chi connectivity index (χ4v) is 4.34. The molecule has 0 spiro atoms. The molecule has 7 nitrogen and oxygen atoms in total. The number of nitrogens with one attached hydrogen (secondary N) is 1. The summed E-state index contributed by atoms with van der Waals surface area (Å²) in [6, 6.07) is 9.89. The summed E-state index contributed by atoms with van der Waals surface area (Å²) in [7, 11) is -3.66. The fraction of sp³-hybridized carbons (Fsp3) is 0.375. The molecule has 1 saturated heterocycles. The molecule has 1 aliphatic rings. The van der Waals surface area contributed by atoms with Gasteiger partial charge in [0.1, 0.15) is 5.01 Å². The lowest BCUT2D eigenvalue weighted by molar-refractivity contribution is -0.126. The number of nitrogens with zero attached hydrogens (tertiary/aromatic N) is 2. The van der Waals surface area contributed by atoms with Crippen molar-refractivity contribution in [3.63, 3.8) is 0 Å². The molecule has 3 rings (SSSR count). The van der Waals surface area contributed by atoms with E-state index in [1.165, 1.54) is 4.31 Å². The fourth-order valence-electron chi connectivity index (χ4n) is 2.80. The number of nitrogens with two attached hydrogens (primary N) is 1. The maximum atomic E-state index is 12.3. The Kier molecular flexibility index (Phi) is 5.48. The van der Waals surface area contributed by atoms with Gasteiger partial charge in [0.25, 0.3) is 10.2 Å². The molecule has 2 heterocycles. The Balaban J connectivity index is 1.51. The molecule has 134 valence electrons. The van der Waals surface area contributed by atoms with Gasteiger partial charge in [-0.05, 0) is 12.8 Å². The first kappa shape index (κ1) is 18.0. The summed E-state index contributed by atoms with van der Waals surface area (Å²) in [5.41, 5.74) is 1.87. The van der Waals surface area contributed by atoms with Gasteiger partial charge in [-0.15, -0.1) is 11.3 Å². The Morgan fingerprint density at radius 3 is 2.60 bits per heavy atom.